The van der Waals surface area contributed by atoms with E-state index < -0.39 is 0 Å². The molecule has 0 radical (unpaired) electrons. The number of hydrogen-bond acceptors (Lipinski definition) is 3. The maximum absolute atomic E-state index is 12.3. The molecule has 2 fully saturated rings. The number of rotatable bonds is 4. The minimum absolute atomic E-state index is 0.303. The van der Waals surface area contributed by atoms with E-state index in [0.717, 1.165) is 38.4 Å². The van der Waals surface area contributed by atoms with Gasteiger partial charge in [-0.15, -0.1) is 0 Å². The van der Waals surface area contributed by atoms with Gasteiger partial charge in [0.1, 0.15) is 0 Å². The molecule has 2 rings (SSSR count). The molecule has 2 N–H and O–H groups in total. The van der Waals surface area contributed by atoms with Gasteiger partial charge >= 0.3 is 0 Å². The average molecular weight is 267 g/mol. The standard InChI is InChI=1S/C15H29N3O/c1-12-6-8-18(9-7-12)15(19)11-17(2)14-5-3-4-13(14)10-16/h12-14H,3-11,16H2,1-2H3. The summed E-state index contributed by atoms with van der Waals surface area (Å²) in [7, 11) is 2.09. The summed E-state index contributed by atoms with van der Waals surface area (Å²) in [6, 6.07) is 0.512. The molecule has 0 bridgehead atoms. The van der Waals surface area contributed by atoms with E-state index in [4.69, 9.17) is 5.73 Å². The molecule has 0 aromatic heterocycles. The maximum Gasteiger partial charge on any atom is 0.236 e. The lowest BCUT2D eigenvalue weighted by atomic mass is 9.99. The van der Waals surface area contributed by atoms with Crippen LogP contribution in [-0.2, 0) is 4.79 Å². The first-order valence-corrected chi connectivity index (χ1v) is 7.80. The number of nitrogens with two attached hydrogens (primary N) is 1. The molecular weight excluding hydrogens is 238 g/mol. The van der Waals surface area contributed by atoms with Gasteiger partial charge in [0.2, 0.25) is 5.91 Å². The van der Waals surface area contributed by atoms with Crippen molar-refractivity contribution in [1.29, 1.82) is 0 Å². The Balaban J connectivity index is 1.81. The Morgan fingerprint density at radius 2 is 1.95 bits per heavy atom. The van der Waals surface area contributed by atoms with Crippen molar-refractivity contribution in [3.8, 4) is 0 Å². The second-order valence-corrected chi connectivity index (χ2v) is 6.47. The summed E-state index contributed by atoms with van der Waals surface area (Å²) in [5.74, 6) is 1.66. The van der Waals surface area contributed by atoms with Crippen LogP contribution in [0.5, 0.6) is 0 Å². The first kappa shape index (κ1) is 14.8. The maximum atomic E-state index is 12.3. The van der Waals surface area contributed by atoms with E-state index in [2.05, 4.69) is 18.9 Å². The number of nitrogens with zero attached hydrogens (tertiary/aromatic N) is 2. The predicted octanol–water partition coefficient (Wildman–Crippen LogP) is 1.30. The third kappa shape index (κ3) is 3.69. The number of amides is 1. The van der Waals surface area contributed by atoms with E-state index in [-0.39, 0.29) is 0 Å². The van der Waals surface area contributed by atoms with Gasteiger partial charge in [0, 0.05) is 19.1 Å². The van der Waals surface area contributed by atoms with Crippen LogP contribution in [0.25, 0.3) is 0 Å². The number of likely N-dealkylation sites (N-methyl/N-ethyl adjacent to an activating group) is 1. The molecule has 1 aliphatic carbocycles. The van der Waals surface area contributed by atoms with Crippen LogP contribution >= 0.6 is 0 Å². The van der Waals surface area contributed by atoms with Gasteiger partial charge in [0.15, 0.2) is 0 Å². The summed E-state index contributed by atoms with van der Waals surface area (Å²) in [4.78, 5) is 16.6. The van der Waals surface area contributed by atoms with Crippen LogP contribution in [-0.4, -0.2) is 55.0 Å². The summed E-state index contributed by atoms with van der Waals surface area (Å²) in [6.45, 7) is 5.48. The zero-order valence-corrected chi connectivity index (χ0v) is 12.5. The van der Waals surface area contributed by atoms with Crippen molar-refractivity contribution in [2.45, 2.75) is 45.1 Å². The Morgan fingerprint density at radius 3 is 2.58 bits per heavy atom. The van der Waals surface area contributed by atoms with E-state index >= 15 is 0 Å². The van der Waals surface area contributed by atoms with Gasteiger partial charge in [-0.25, -0.2) is 0 Å². The van der Waals surface area contributed by atoms with Crippen molar-refractivity contribution in [2.24, 2.45) is 17.6 Å². The minimum atomic E-state index is 0.303. The summed E-state index contributed by atoms with van der Waals surface area (Å²) >= 11 is 0. The number of carbonyl (C=O) groups excluding carboxylic acids is 1. The van der Waals surface area contributed by atoms with Crippen molar-refractivity contribution >= 4 is 5.91 Å². The zero-order chi connectivity index (χ0) is 13.8. The van der Waals surface area contributed by atoms with Gasteiger partial charge in [0.05, 0.1) is 6.54 Å². The third-order valence-corrected chi connectivity index (χ3v) is 5.01. The van der Waals surface area contributed by atoms with Gasteiger partial charge in [-0.05, 0) is 51.1 Å². The van der Waals surface area contributed by atoms with Crippen LogP contribution in [0.4, 0.5) is 0 Å². The lowest BCUT2D eigenvalue weighted by Crippen LogP contribution is -2.47. The molecule has 2 atom stereocenters. The van der Waals surface area contributed by atoms with Crippen LogP contribution in [0.2, 0.25) is 0 Å². The number of carbonyl (C=O) groups is 1. The third-order valence-electron chi connectivity index (χ3n) is 5.01. The summed E-state index contributed by atoms with van der Waals surface area (Å²) in [5, 5.41) is 0. The van der Waals surface area contributed by atoms with Gasteiger partial charge in [-0.3, -0.25) is 9.69 Å². The molecule has 19 heavy (non-hydrogen) atoms. The Morgan fingerprint density at radius 1 is 1.26 bits per heavy atom. The second kappa shape index (κ2) is 6.71. The molecule has 4 nitrogen and oxygen atoms in total. The van der Waals surface area contributed by atoms with Gasteiger partial charge in [-0.2, -0.15) is 0 Å². The molecular formula is C15H29N3O. The lowest BCUT2D eigenvalue weighted by molar-refractivity contribution is -0.134. The highest BCUT2D eigenvalue weighted by molar-refractivity contribution is 5.78. The number of hydrogen-bond donors (Lipinski definition) is 1. The molecule has 4 heteroatoms. The van der Waals surface area contributed by atoms with Crippen LogP contribution in [0.1, 0.15) is 39.0 Å². The van der Waals surface area contributed by atoms with Crippen LogP contribution in [0.3, 0.4) is 0 Å². The quantitative estimate of drug-likeness (QED) is 0.835. The molecule has 1 saturated carbocycles. The molecule has 0 aromatic rings. The topological polar surface area (TPSA) is 49.6 Å². The monoisotopic (exact) mass is 267 g/mol. The molecule has 1 aliphatic heterocycles. The van der Waals surface area contributed by atoms with E-state index in [9.17, 15) is 4.79 Å². The highest BCUT2D eigenvalue weighted by atomic mass is 16.2. The molecule has 2 aliphatic rings. The summed E-state index contributed by atoms with van der Waals surface area (Å²) in [5.41, 5.74) is 5.83. The first-order valence-electron chi connectivity index (χ1n) is 7.80. The summed E-state index contributed by atoms with van der Waals surface area (Å²) in [6.07, 6.45) is 5.99. The Kier molecular flexibility index (Phi) is 5.22. The Labute approximate surface area is 117 Å². The molecule has 110 valence electrons. The van der Waals surface area contributed by atoms with Crippen molar-refractivity contribution in [2.75, 3.05) is 33.2 Å². The highest BCUT2D eigenvalue weighted by Gasteiger charge is 2.31. The van der Waals surface area contributed by atoms with E-state index in [1.807, 2.05) is 4.90 Å². The Bertz CT molecular complexity index is 300. The van der Waals surface area contributed by atoms with E-state index in [1.165, 1.54) is 19.3 Å². The molecule has 1 heterocycles. The van der Waals surface area contributed by atoms with Crippen molar-refractivity contribution < 1.29 is 4.79 Å². The molecule has 1 amide bonds. The van der Waals surface area contributed by atoms with E-state index in [1.54, 1.807) is 0 Å². The molecule has 0 spiro atoms. The van der Waals surface area contributed by atoms with Gasteiger partial charge < -0.3 is 10.6 Å². The molecule has 0 aromatic carbocycles. The largest absolute Gasteiger partial charge is 0.342 e. The Hall–Kier alpha value is -0.610. The highest BCUT2D eigenvalue weighted by Crippen LogP contribution is 2.28. The fraction of sp³-hybridized carbons (Fsp3) is 0.933. The van der Waals surface area contributed by atoms with Crippen LogP contribution in [0.15, 0.2) is 0 Å². The second-order valence-electron chi connectivity index (χ2n) is 6.47. The van der Waals surface area contributed by atoms with Crippen molar-refractivity contribution in [3.05, 3.63) is 0 Å². The normalized spacial score (nSPS) is 29.2. The van der Waals surface area contributed by atoms with Crippen molar-refractivity contribution in [1.82, 2.24) is 9.80 Å². The first-order chi connectivity index (χ1) is 9.11. The molecule has 1 saturated heterocycles. The summed E-state index contributed by atoms with van der Waals surface area (Å²) < 4.78 is 0. The van der Waals surface area contributed by atoms with Gasteiger partial charge in [-0.1, -0.05) is 13.3 Å². The average Bonchev–Trinajstić information content (AvgIpc) is 2.87. The fourth-order valence-electron chi connectivity index (χ4n) is 3.56. The number of piperidine rings is 1. The van der Waals surface area contributed by atoms with Crippen molar-refractivity contribution in [3.63, 3.8) is 0 Å². The molecule has 2 unspecified atom stereocenters. The van der Waals surface area contributed by atoms with Gasteiger partial charge in [0.25, 0.3) is 0 Å². The van der Waals surface area contributed by atoms with E-state index in [0.29, 0.717) is 24.4 Å². The number of likely N-dealkylation sites (tertiary alicyclic amines) is 1. The van der Waals surface area contributed by atoms with Crippen LogP contribution in [0, 0.1) is 11.8 Å². The fourth-order valence-corrected chi connectivity index (χ4v) is 3.56. The lowest BCUT2D eigenvalue weighted by Gasteiger charge is -2.34. The minimum Gasteiger partial charge on any atom is -0.342 e. The SMILES string of the molecule is CC1CCN(C(=O)CN(C)C2CCCC2CN)CC1. The zero-order valence-electron chi connectivity index (χ0n) is 12.5. The van der Waals surface area contributed by atoms with Crippen LogP contribution < -0.4 is 5.73 Å². The smallest absolute Gasteiger partial charge is 0.236 e. The predicted molar refractivity (Wildman–Crippen MR) is 77.8 cm³/mol.